The van der Waals surface area contributed by atoms with Gasteiger partial charge in [-0.2, -0.15) is 0 Å². The Morgan fingerprint density at radius 3 is 2.83 bits per heavy atom. The average molecular weight is 353 g/mol. The summed E-state index contributed by atoms with van der Waals surface area (Å²) in [4.78, 5) is 14.1. The molecular formula is C17H18ClFN2O3. The van der Waals surface area contributed by atoms with E-state index in [4.69, 9.17) is 20.9 Å². The standard InChI is InChI=1S/C17H18ClFN2O3/c18-16-11-15(24-20-16)4-5-17(22)21-8-6-13(7-9-21)23-14-3-1-2-12(19)10-14/h1-3,10-11,13H,4-9H2. The molecular weight excluding hydrogens is 335 g/mol. The second-order valence-electron chi connectivity index (χ2n) is 5.77. The summed E-state index contributed by atoms with van der Waals surface area (Å²) in [7, 11) is 0. The van der Waals surface area contributed by atoms with E-state index in [1.807, 2.05) is 4.90 Å². The van der Waals surface area contributed by atoms with Crippen LogP contribution in [0.3, 0.4) is 0 Å². The number of aryl methyl sites for hydroxylation is 1. The van der Waals surface area contributed by atoms with Crippen LogP contribution < -0.4 is 4.74 Å². The van der Waals surface area contributed by atoms with Crippen LogP contribution in [0, 0.1) is 5.82 Å². The highest BCUT2D eigenvalue weighted by atomic mass is 35.5. The molecule has 24 heavy (non-hydrogen) atoms. The lowest BCUT2D eigenvalue weighted by Crippen LogP contribution is -2.41. The van der Waals surface area contributed by atoms with Crippen LogP contribution in [0.4, 0.5) is 4.39 Å². The number of piperidine rings is 1. The number of hydrogen-bond donors (Lipinski definition) is 0. The number of hydrogen-bond acceptors (Lipinski definition) is 4. The third kappa shape index (κ3) is 4.47. The number of carbonyl (C=O) groups is 1. The SMILES string of the molecule is O=C(CCc1cc(Cl)no1)N1CCC(Oc2cccc(F)c2)CC1. The molecule has 128 valence electrons. The van der Waals surface area contributed by atoms with Crippen molar-refractivity contribution < 1.29 is 18.4 Å². The molecule has 0 N–H and O–H groups in total. The van der Waals surface area contributed by atoms with Crippen molar-refractivity contribution in [3.63, 3.8) is 0 Å². The molecule has 1 aliphatic heterocycles. The van der Waals surface area contributed by atoms with E-state index in [1.54, 1.807) is 18.2 Å². The molecule has 3 rings (SSSR count). The summed E-state index contributed by atoms with van der Waals surface area (Å²) in [6.45, 7) is 1.27. The molecule has 1 amide bonds. The van der Waals surface area contributed by atoms with Gasteiger partial charge in [0, 0.05) is 50.9 Å². The van der Waals surface area contributed by atoms with E-state index in [-0.39, 0.29) is 17.8 Å². The van der Waals surface area contributed by atoms with Gasteiger partial charge in [0.1, 0.15) is 23.4 Å². The predicted octanol–water partition coefficient (Wildman–Crippen LogP) is 3.47. The number of carbonyl (C=O) groups excluding carboxylic acids is 1. The first-order valence-electron chi connectivity index (χ1n) is 7.91. The normalized spacial score (nSPS) is 15.5. The summed E-state index contributed by atoms with van der Waals surface area (Å²) in [6, 6.07) is 7.74. The molecule has 1 aromatic heterocycles. The molecule has 1 aliphatic rings. The van der Waals surface area contributed by atoms with Gasteiger partial charge in [0.2, 0.25) is 5.91 Å². The first kappa shape index (κ1) is 16.8. The summed E-state index contributed by atoms with van der Waals surface area (Å²) in [6.07, 6.45) is 2.32. The molecule has 1 saturated heterocycles. The number of nitrogens with zero attached hydrogens (tertiary/aromatic N) is 2. The number of ether oxygens (including phenoxy) is 1. The molecule has 7 heteroatoms. The molecule has 0 saturated carbocycles. The lowest BCUT2D eigenvalue weighted by Gasteiger charge is -2.32. The molecule has 0 aliphatic carbocycles. The van der Waals surface area contributed by atoms with Gasteiger partial charge in [0.15, 0.2) is 5.15 Å². The lowest BCUT2D eigenvalue weighted by molar-refractivity contribution is -0.133. The summed E-state index contributed by atoms with van der Waals surface area (Å²) >= 11 is 5.68. The number of halogens is 2. The zero-order valence-electron chi connectivity index (χ0n) is 13.1. The maximum Gasteiger partial charge on any atom is 0.223 e. The maximum absolute atomic E-state index is 13.2. The summed E-state index contributed by atoms with van der Waals surface area (Å²) in [5.41, 5.74) is 0. The Kier molecular flexibility index (Phi) is 5.35. The van der Waals surface area contributed by atoms with E-state index >= 15 is 0 Å². The van der Waals surface area contributed by atoms with E-state index in [9.17, 15) is 9.18 Å². The average Bonchev–Trinajstić information content (AvgIpc) is 2.99. The zero-order chi connectivity index (χ0) is 16.9. The van der Waals surface area contributed by atoms with Crippen molar-refractivity contribution in [1.82, 2.24) is 10.1 Å². The van der Waals surface area contributed by atoms with E-state index in [0.717, 1.165) is 12.8 Å². The number of rotatable bonds is 5. The quantitative estimate of drug-likeness (QED) is 0.826. The van der Waals surface area contributed by atoms with Gasteiger partial charge in [-0.3, -0.25) is 4.79 Å². The number of aromatic nitrogens is 1. The van der Waals surface area contributed by atoms with Crippen molar-refractivity contribution >= 4 is 17.5 Å². The Hall–Kier alpha value is -2.08. The van der Waals surface area contributed by atoms with Crippen molar-refractivity contribution in [1.29, 1.82) is 0 Å². The van der Waals surface area contributed by atoms with E-state index < -0.39 is 0 Å². The van der Waals surface area contributed by atoms with Crippen LogP contribution >= 0.6 is 11.6 Å². The minimum absolute atomic E-state index is 0.00364. The fourth-order valence-electron chi connectivity index (χ4n) is 2.75. The Labute approximate surface area is 144 Å². The monoisotopic (exact) mass is 352 g/mol. The molecule has 2 aromatic rings. The molecule has 0 unspecified atom stereocenters. The summed E-state index contributed by atoms with van der Waals surface area (Å²) in [5.74, 6) is 0.902. The van der Waals surface area contributed by atoms with Crippen LogP contribution in [-0.4, -0.2) is 35.2 Å². The van der Waals surface area contributed by atoms with Crippen LogP contribution in [0.2, 0.25) is 5.15 Å². The van der Waals surface area contributed by atoms with Crippen molar-refractivity contribution in [3.05, 3.63) is 47.1 Å². The van der Waals surface area contributed by atoms with Gasteiger partial charge in [0.25, 0.3) is 0 Å². The minimum Gasteiger partial charge on any atom is -0.490 e. The molecule has 0 radical (unpaired) electrons. The largest absolute Gasteiger partial charge is 0.490 e. The topological polar surface area (TPSA) is 55.6 Å². The molecule has 1 aromatic carbocycles. The molecule has 1 fully saturated rings. The Morgan fingerprint density at radius 2 is 2.17 bits per heavy atom. The minimum atomic E-state index is -0.312. The van der Waals surface area contributed by atoms with Gasteiger partial charge < -0.3 is 14.2 Å². The highest BCUT2D eigenvalue weighted by Gasteiger charge is 2.24. The van der Waals surface area contributed by atoms with Gasteiger partial charge in [0.05, 0.1) is 0 Å². The van der Waals surface area contributed by atoms with Crippen molar-refractivity contribution in [2.75, 3.05) is 13.1 Å². The highest BCUT2D eigenvalue weighted by Crippen LogP contribution is 2.20. The molecule has 0 atom stereocenters. The van der Waals surface area contributed by atoms with Gasteiger partial charge >= 0.3 is 0 Å². The number of amides is 1. The van der Waals surface area contributed by atoms with E-state index in [2.05, 4.69) is 5.16 Å². The summed E-state index contributed by atoms with van der Waals surface area (Å²) in [5, 5.41) is 3.88. The Morgan fingerprint density at radius 1 is 1.38 bits per heavy atom. The molecule has 5 nitrogen and oxygen atoms in total. The fraction of sp³-hybridized carbons (Fsp3) is 0.412. The zero-order valence-corrected chi connectivity index (χ0v) is 13.8. The second-order valence-corrected chi connectivity index (χ2v) is 6.16. The first-order chi connectivity index (χ1) is 11.6. The van der Waals surface area contributed by atoms with Crippen molar-refractivity contribution in [2.24, 2.45) is 0 Å². The summed E-state index contributed by atoms with van der Waals surface area (Å²) < 4.78 is 23.9. The predicted molar refractivity (Wildman–Crippen MR) is 86.5 cm³/mol. The van der Waals surface area contributed by atoms with Crippen LogP contribution in [-0.2, 0) is 11.2 Å². The van der Waals surface area contributed by atoms with E-state index in [1.165, 1.54) is 12.1 Å². The smallest absolute Gasteiger partial charge is 0.223 e. The fourth-order valence-corrected chi connectivity index (χ4v) is 2.91. The van der Waals surface area contributed by atoms with Crippen molar-refractivity contribution in [2.45, 2.75) is 31.8 Å². The molecule has 2 heterocycles. The molecule has 0 bridgehead atoms. The second kappa shape index (κ2) is 7.66. The van der Waals surface area contributed by atoms with Crippen LogP contribution in [0.15, 0.2) is 34.9 Å². The highest BCUT2D eigenvalue weighted by molar-refractivity contribution is 6.29. The maximum atomic E-state index is 13.2. The third-order valence-corrected chi connectivity index (χ3v) is 4.19. The van der Waals surface area contributed by atoms with Gasteiger partial charge in [-0.05, 0) is 12.1 Å². The van der Waals surface area contributed by atoms with Crippen molar-refractivity contribution in [3.8, 4) is 5.75 Å². The van der Waals surface area contributed by atoms with Gasteiger partial charge in [-0.25, -0.2) is 4.39 Å². The first-order valence-corrected chi connectivity index (χ1v) is 8.29. The van der Waals surface area contributed by atoms with Crippen LogP contribution in [0.25, 0.3) is 0 Å². The van der Waals surface area contributed by atoms with Gasteiger partial charge in [-0.15, -0.1) is 0 Å². The Bertz CT molecular complexity index is 699. The number of likely N-dealkylation sites (tertiary alicyclic amines) is 1. The third-order valence-electron chi connectivity index (χ3n) is 4.01. The van der Waals surface area contributed by atoms with Gasteiger partial charge in [-0.1, -0.05) is 22.8 Å². The molecule has 0 spiro atoms. The van der Waals surface area contributed by atoms with E-state index in [0.29, 0.717) is 42.6 Å². The van der Waals surface area contributed by atoms with Crippen LogP contribution in [0.5, 0.6) is 5.75 Å². The lowest BCUT2D eigenvalue weighted by atomic mass is 10.1. The van der Waals surface area contributed by atoms with Crippen LogP contribution in [0.1, 0.15) is 25.0 Å². The number of benzene rings is 1. The Balaban J connectivity index is 1.43.